The number of nitrogens with one attached hydrogen (secondary N) is 1. The van der Waals surface area contributed by atoms with Gasteiger partial charge in [0.25, 0.3) is 5.56 Å². The fraction of sp³-hybridized carbons (Fsp3) is 0.0800. The highest BCUT2D eigenvalue weighted by Crippen LogP contribution is 2.35. The fourth-order valence-electron chi connectivity index (χ4n) is 3.56. The first-order valence-corrected chi connectivity index (χ1v) is 10.1. The molecule has 3 aromatic carbocycles. The normalized spacial score (nSPS) is 11.9. The molecule has 4 aromatic rings. The van der Waals surface area contributed by atoms with Crippen molar-refractivity contribution in [3.05, 3.63) is 95.3 Å². The fourth-order valence-corrected chi connectivity index (χ4v) is 3.56. The number of carbonyl (C=O) groups is 1. The van der Waals surface area contributed by atoms with Crippen molar-refractivity contribution < 1.29 is 14.3 Å². The molecule has 0 aliphatic carbocycles. The first kappa shape index (κ1) is 19.6. The van der Waals surface area contributed by atoms with Crippen molar-refractivity contribution in [2.45, 2.75) is 6.54 Å². The van der Waals surface area contributed by atoms with Crippen LogP contribution in [0, 0.1) is 0 Å². The van der Waals surface area contributed by atoms with Crippen LogP contribution in [0.2, 0.25) is 0 Å². The Hall–Kier alpha value is -4.39. The monoisotopic (exact) mass is 425 g/mol. The van der Waals surface area contributed by atoms with Crippen molar-refractivity contribution in [1.29, 1.82) is 0 Å². The summed E-state index contributed by atoms with van der Waals surface area (Å²) in [4.78, 5) is 25.1. The molecule has 1 aliphatic rings. The number of ether oxygens (including phenoxy) is 2. The molecule has 0 saturated carbocycles. The van der Waals surface area contributed by atoms with E-state index in [2.05, 4.69) is 10.4 Å². The quantitative estimate of drug-likeness (QED) is 0.524. The molecule has 0 bridgehead atoms. The Balaban J connectivity index is 1.38. The Morgan fingerprint density at radius 3 is 2.53 bits per heavy atom. The van der Waals surface area contributed by atoms with Crippen molar-refractivity contribution in [3.63, 3.8) is 0 Å². The van der Waals surface area contributed by atoms with E-state index in [0.717, 1.165) is 21.4 Å². The summed E-state index contributed by atoms with van der Waals surface area (Å²) < 4.78 is 11.9. The summed E-state index contributed by atoms with van der Waals surface area (Å²) in [7, 11) is 0. The smallest absolute Gasteiger partial charge is 0.267 e. The van der Waals surface area contributed by atoms with Crippen molar-refractivity contribution >= 4 is 11.6 Å². The highest BCUT2D eigenvalue weighted by molar-refractivity contribution is 5.95. The number of hydrogen-bond acceptors (Lipinski definition) is 5. The van der Waals surface area contributed by atoms with E-state index in [9.17, 15) is 9.59 Å². The Morgan fingerprint density at radius 2 is 1.66 bits per heavy atom. The van der Waals surface area contributed by atoms with E-state index in [1.165, 1.54) is 6.07 Å². The second-order valence-corrected chi connectivity index (χ2v) is 7.24. The van der Waals surface area contributed by atoms with Gasteiger partial charge < -0.3 is 14.8 Å². The molecule has 158 valence electrons. The summed E-state index contributed by atoms with van der Waals surface area (Å²) in [6.45, 7) is -0.0311. The third kappa shape index (κ3) is 3.96. The third-order valence-electron chi connectivity index (χ3n) is 5.11. The summed E-state index contributed by atoms with van der Waals surface area (Å²) in [6.07, 6.45) is 0. The van der Waals surface area contributed by atoms with Crippen LogP contribution in [-0.4, -0.2) is 22.5 Å². The van der Waals surface area contributed by atoms with Gasteiger partial charge in [-0.3, -0.25) is 9.59 Å². The molecule has 0 atom stereocenters. The molecule has 7 heteroatoms. The standard InChI is InChI=1S/C25H19N3O4/c29-24(26-21-9-5-4-8-19(21)17-6-2-1-3-7-17)15-28-25(30)13-11-20(27-28)18-10-12-22-23(14-18)32-16-31-22/h1-14H,15-16H2,(H,26,29). The molecule has 2 heterocycles. The summed E-state index contributed by atoms with van der Waals surface area (Å²) in [5.74, 6) is 0.946. The van der Waals surface area contributed by atoms with Gasteiger partial charge in [-0.05, 0) is 35.9 Å². The maximum absolute atomic E-state index is 12.8. The predicted octanol–water partition coefficient (Wildman–Crippen LogP) is 3.94. The Bertz CT molecular complexity index is 1350. The summed E-state index contributed by atoms with van der Waals surface area (Å²) >= 11 is 0. The number of rotatable bonds is 5. The van der Waals surface area contributed by atoms with Gasteiger partial charge in [0.15, 0.2) is 11.5 Å². The van der Waals surface area contributed by atoms with Crippen molar-refractivity contribution in [2.75, 3.05) is 12.1 Å². The zero-order valence-electron chi connectivity index (χ0n) is 17.0. The number of para-hydroxylation sites is 1. The summed E-state index contributed by atoms with van der Waals surface area (Å²) in [6, 6.07) is 25.8. The van der Waals surface area contributed by atoms with Gasteiger partial charge in [-0.25, -0.2) is 4.68 Å². The molecule has 0 fully saturated rings. The van der Waals surface area contributed by atoms with E-state index in [4.69, 9.17) is 9.47 Å². The van der Waals surface area contributed by atoms with E-state index in [1.807, 2.05) is 60.7 Å². The average Bonchev–Trinajstić information content (AvgIpc) is 3.29. The molecule has 5 rings (SSSR count). The van der Waals surface area contributed by atoms with E-state index in [-0.39, 0.29) is 24.8 Å². The van der Waals surface area contributed by atoms with Crippen LogP contribution in [-0.2, 0) is 11.3 Å². The molecule has 1 aliphatic heterocycles. The number of benzene rings is 3. The van der Waals surface area contributed by atoms with Crippen LogP contribution in [0.1, 0.15) is 0 Å². The van der Waals surface area contributed by atoms with Crippen LogP contribution in [0.15, 0.2) is 89.7 Å². The molecule has 0 radical (unpaired) electrons. The van der Waals surface area contributed by atoms with Gasteiger partial charge in [0.05, 0.1) is 5.69 Å². The maximum Gasteiger partial charge on any atom is 0.267 e. The Morgan fingerprint density at radius 1 is 0.875 bits per heavy atom. The first-order chi connectivity index (χ1) is 15.7. The number of fused-ring (bicyclic) bond motifs is 1. The highest BCUT2D eigenvalue weighted by Gasteiger charge is 2.16. The minimum absolute atomic E-state index is 0.177. The molecule has 0 unspecified atom stereocenters. The van der Waals surface area contributed by atoms with Gasteiger partial charge >= 0.3 is 0 Å². The van der Waals surface area contributed by atoms with E-state index < -0.39 is 0 Å². The molecule has 7 nitrogen and oxygen atoms in total. The van der Waals surface area contributed by atoms with Crippen molar-refractivity contribution in [3.8, 4) is 33.9 Å². The van der Waals surface area contributed by atoms with Crippen LogP contribution < -0.4 is 20.3 Å². The molecule has 1 amide bonds. The second-order valence-electron chi connectivity index (χ2n) is 7.24. The van der Waals surface area contributed by atoms with E-state index in [0.29, 0.717) is 22.9 Å². The lowest BCUT2D eigenvalue weighted by Crippen LogP contribution is -2.29. The molecule has 0 spiro atoms. The largest absolute Gasteiger partial charge is 0.454 e. The van der Waals surface area contributed by atoms with Gasteiger partial charge in [0.2, 0.25) is 12.7 Å². The van der Waals surface area contributed by atoms with Crippen LogP contribution in [0.4, 0.5) is 5.69 Å². The Labute approximate surface area is 183 Å². The zero-order chi connectivity index (χ0) is 21.9. The second kappa shape index (κ2) is 8.39. The number of carbonyl (C=O) groups excluding carboxylic acids is 1. The maximum atomic E-state index is 12.8. The Kier molecular flexibility index (Phi) is 5.13. The topological polar surface area (TPSA) is 82.5 Å². The SMILES string of the molecule is O=C(Cn1nc(-c2ccc3c(c2)OCO3)ccc1=O)Nc1ccccc1-c1ccccc1. The lowest BCUT2D eigenvalue weighted by molar-refractivity contribution is -0.117. The highest BCUT2D eigenvalue weighted by atomic mass is 16.7. The van der Waals surface area contributed by atoms with Crippen LogP contribution in [0.5, 0.6) is 11.5 Å². The first-order valence-electron chi connectivity index (χ1n) is 10.1. The van der Waals surface area contributed by atoms with Crippen LogP contribution >= 0.6 is 0 Å². The summed E-state index contributed by atoms with van der Waals surface area (Å²) in [5.41, 5.74) is 3.52. The minimum atomic E-state index is -0.360. The van der Waals surface area contributed by atoms with Gasteiger partial charge in [-0.15, -0.1) is 0 Å². The van der Waals surface area contributed by atoms with Crippen LogP contribution in [0.25, 0.3) is 22.4 Å². The van der Waals surface area contributed by atoms with Gasteiger partial charge in [-0.2, -0.15) is 5.10 Å². The number of hydrogen-bond donors (Lipinski definition) is 1. The molecule has 0 saturated heterocycles. The minimum Gasteiger partial charge on any atom is -0.454 e. The molecule has 1 aromatic heterocycles. The number of nitrogens with zero attached hydrogens (tertiary/aromatic N) is 2. The molecular weight excluding hydrogens is 406 g/mol. The van der Waals surface area contributed by atoms with Crippen molar-refractivity contribution in [2.24, 2.45) is 0 Å². The lowest BCUT2D eigenvalue weighted by atomic mass is 10.0. The number of aromatic nitrogens is 2. The van der Waals surface area contributed by atoms with E-state index in [1.54, 1.807) is 18.2 Å². The van der Waals surface area contributed by atoms with Gasteiger partial charge in [-0.1, -0.05) is 48.5 Å². The third-order valence-corrected chi connectivity index (χ3v) is 5.11. The van der Waals surface area contributed by atoms with Gasteiger partial charge in [0.1, 0.15) is 6.54 Å². The van der Waals surface area contributed by atoms with Gasteiger partial charge in [0, 0.05) is 22.9 Å². The molecular formula is C25H19N3O4. The average molecular weight is 425 g/mol. The lowest BCUT2D eigenvalue weighted by Gasteiger charge is -2.12. The van der Waals surface area contributed by atoms with Crippen molar-refractivity contribution in [1.82, 2.24) is 9.78 Å². The van der Waals surface area contributed by atoms with Crippen LogP contribution in [0.3, 0.4) is 0 Å². The van der Waals surface area contributed by atoms with E-state index >= 15 is 0 Å². The molecule has 1 N–H and O–H groups in total. The predicted molar refractivity (Wildman–Crippen MR) is 121 cm³/mol. The molecule has 32 heavy (non-hydrogen) atoms. The number of amides is 1. The number of anilines is 1. The zero-order valence-corrected chi connectivity index (χ0v) is 17.0. The summed E-state index contributed by atoms with van der Waals surface area (Å²) in [5, 5.41) is 7.28.